The van der Waals surface area contributed by atoms with E-state index in [1.165, 1.54) is 12.8 Å². The van der Waals surface area contributed by atoms with Gasteiger partial charge in [-0.15, -0.1) is 0 Å². The number of rotatable bonds is 8. The first kappa shape index (κ1) is 21.7. The normalized spacial score (nSPS) is 18.9. The van der Waals surface area contributed by atoms with Crippen LogP contribution in [-0.2, 0) is 23.9 Å². The Kier molecular flexibility index (Phi) is 9.08. The molecule has 0 spiro atoms. The molecule has 0 atom stereocenters. The van der Waals surface area contributed by atoms with Crippen molar-refractivity contribution in [3.8, 4) is 0 Å². The summed E-state index contributed by atoms with van der Waals surface area (Å²) in [5.74, 6) is -2.57. The predicted molar refractivity (Wildman–Crippen MR) is 102 cm³/mol. The van der Waals surface area contributed by atoms with Crippen LogP contribution in [0.25, 0.3) is 0 Å². The van der Waals surface area contributed by atoms with Gasteiger partial charge >= 0.3 is 11.9 Å². The molecule has 6 heteroatoms. The maximum Gasteiger partial charge on any atom is 0.320 e. The maximum atomic E-state index is 13.3. The van der Waals surface area contributed by atoms with E-state index in [1.807, 2.05) is 4.90 Å². The van der Waals surface area contributed by atoms with Gasteiger partial charge in [-0.1, -0.05) is 38.5 Å². The van der Waals surface area contributed by atoms with E-state index < -0.39 is 17.9 Å². The van der Waals surface area contributed by atoms with Crippen molar-refractivity contribution < 1.29 is 23.9 Å². The van der Waals surface area contributed by atoms with Gasteiger partial charge in [0.1, 0.15) is 0 Å². The third kappa shape index (κ3) is 6.22. The van der Waals surface area contributed by atoms with Crippen molar-refractivity contribution in [1.82, 2.24) is 4.90 Å². The number of ether oxygens (including phenoxy) is 2. The smallest absolute Gasteiger partial charge is 0.320 e. The van der Waals surface area contributed by atoms with Crippen molar-refractivity contribution in [1.29, 1.82) is 0 Å². The molecule has 2 aliphatic carbocycles. The largest absolute Gasteiger partial charge is 0.465 e. The van der Waals surface area contributed by atoms with Crippen LogP contribution in [0, 0.1) is 5.92 Å². The Bertz CT molecular complexity index is 459. The molecule has 2 fully saturated rings. The molecular weight excluding hydrogens is 346 g/mol. The Balaban J connectivity index is 2.14. The number of carbonyl (C=O) groups is 3. The van der Waals surface area contributed by atoms with Gasteiger partial charge in [0.25, 0.3) is 0 Å². The van der Waals surface area contributed by atoms with E-state index in [0.717, 1.165) is 51.4 Å². The quantitative estimate of drug-likeness (QED) is 0.474. The Labute approximate surface area is 162 Å². The summed E-state index contributed by atoms with van der Waals surface area (Å²) in [6.45, 7) is 3.74. The van der Waals surface area contributed by atoms with E-state index in [9.17, 15) is 14.4 Å². The molecule has 27 heavy (non-hydrogen) atoms. The van der Waals surface area contributed by atoms with Crippen LogP contribution >= 0.6 is 0 Å². The summed E-state index contributed by atoms with van der Waals surface area (Å²) < 4.78 is 10.1. The van der Waals surface area contributed by atoms with Crippen LogP contribution in [0.5, 0.6) is 0 Å². The van der Waals surface area contributed by atoms with E-state index in [1.54, 1.807) is 13.8 Å². The first-order chi connectivity index (χ1) is 13.1. The molecule has 0 N–H and O–H groups in total. The predicted octanol–water partition coefficient (Wildman–Crippen LogP) is 3.61. The summed E-state index contributed by atoms with van der Waals surface area (Å²) in [6.07, 6.45) is 10.9. The topological polar surface area (TPSA) is 72.9 Å². The molecule has 0 unspecified atom stereocenters. The van der Waals surface area contributed by atoms with E-state index in [-0.39, 0.29) is 37.6 Å². The van der Waals surface area contributed by atoms with Crippen molar-refractivity contribution in [3.05, 3.63) is 0 Å². The van der Waals surface area contributed by atoms with E-state index >= 15 is 0 Å². The first-order valence-corrected chi connectivity index (χ1v) is 10.7. The Morgan fingerprint density at radius 2 is 1.19 bits per heavy atom. The van der Waals surface area contributed by atoms with Gasteiger partial charge in [-0.2, -0.15) is 0 Å². The van der Waals surface area contributed by atoms with Gasteiger partial charge < -0.3 is 14.4 Å². The fraction of sp³-hybridized carbons (Fsp3) is 0.857. The zero-order valence-electron chi connectivity index (χ0n) is 16.9. The number of nitrogens with zero attached hydrogens (tertiary/aromatic N) is 1. The second-order valence-electron chi connectivity index (χ2n) is 7.65. The minimum atomic E-state index is -1.16. The number of hydrogen-bond donors (Lipinski definition) is 0. The van der Waals surface area contributed by atoms with Crippen LogP contribution in [0.4, 0.5) is 0 Å². The summed E-state index contributed by atoms with van der Waals surface area (Å²) >= 11 is 0. The van der Waals surface area contributed by atoms with E-state index in [0.29, 0.717) is 0 Å². The van der Waals surface area contributed by atoms with Crippen LogP contribution in [0.2, 0.25) is 0 Å². The molecule has 2 aliphatic rings. The average Bonchev–Trinajstić information content (AvgIpc) is 2.68. The third-order valence-electron chi connectivity index (χ3n) is 5.75. The fourth-order valence-corrected chi connectivity index (χ4v) is 4.45. The lowest BCUT2D eigenvalue weighted by atomic mass is 9.88. The molecule has 0 aromatic rings. The average molecular weight is 382 g/mol. The Morgan fingerprint density at radius 1 is 0.778 bits per heavy atom. The van der Waals surface area contributed by atoms with Gasteiger partial charge in [0.15, 0.2) is 5.92 Å². The van der Waals surface area contributed by atoms with Crippen molar-refractivity contribution in [2.75, 3.05) is 13.2 Å². The molecule has 1 amide bonds. The summed E-state index contributed by atoms with van der Waals surface area (Å²) in [5.41, 5.74) is 0. The van der Waals surface area contributed by atoms with Gasteiger partial charge in [-0.3, -0.25) is 14.4 Å². The van der Waals surface area contributed by atoms with Crippen molar-refractivity contribution in [2.45, 2.75) is 96.6 Å². The van der Waals surface area contributed by atoms with Gasteiger partial charge in [0, 0.05) is 12.1 Å². The molecule has 2 rings (SSSR count). The van der Waals surface area contributed by atoms with Crippen molar-refractivity contribution in [3.63, 3.8) is 0 Å². The Morgan fingerprint density at radius 3 is 1.56 bits per heavy atom. The molecule has 0 aromatic heterocycles. The molecule has 0 radical (unpaired) electrons. The highest BCUT2D eigenvalue weighted by molar-refractivity contribution is 5.99. The molecule has 154 valence electrons. The summed E-state index contributed by atoms with van der Waals surface area (Å²) in [4.78, 5) is 39.9. The lowest BCUT2D eigenvalue weighted by molar-refractivity contribution is -0.165. The van der Waals surface area contributed by atoms with Crippen LogP contribution < -0.4 is 0 Å². The van der Waals surface area contributed by atoms with Crippen LogP contribution in [0.15, 0.2) is 0 Å². The van der Waals surface area contributed by atoms with Crippen LogP contribution in [-0.4, -0.2) is 48.0 Å². The second kappa shape index (κ2) is 11.3. The molecule has 0 saturated heterocycles. The fourth-order valence-electron chi connectivity index (χ4n) is 4.45. The zero-order chi connectivity index (χ0) is 19.6. The highest BCUT2D eigenvalue weighted by Gasteiger charge is 2.38. The van der Waals surface area contributed by atoms with E-state index in [2.05, 4.69) is 0 Å². The second-order valence-corrected chi connectivity index (χ2v) is 7.65. The molecular formula is C21H35NO5. The van der Waals surface area contributed by atoms with Crippen molar-refractivity contribution in [2.24, 2.45) is 5.92 Å². The lowest BCUT2D eigenvalue weighted by Crippen LogP contribution is -2.50. The molecule has 0 bridgehead atoms. The summed E-state index contributed by atoms with van der Waals surface area (Å²) in [5, 5.41) is 0. The van der Waals surface area contributed by atoms with E-state index in [4.69, 9.17) is 9.47 Å². The lowest BCUT2D eigenvalue weighted by Gasteiger charge is -2.42. The van der Waals surface area contributed by atoms with Crippen LogP contribution in [0.3, 0.4) is 0 Å². The maximum absolute atomic E-state index is 13.3. The van der Waals surface area contributed by atoms with Gasteiger partial charge in [-0.25, -0.2) is 0 Å². The van der Waals surface area contributed by atoms with Gasteiger partial charge in [0.05, 0.1) is 19.6 Å². The first-order valence-electron chi connectivity index (χ1n) is 10.7. The highest BCUT2D eigenvalue weighted by atomic mass is 16.6. The molecule has 6 nitrogen and oxygen atoms in total. The van der Waals surface area contributed by atoms with Gasteiger partial charge in [0.2, 0.25) is 5.91 Å². The molecule has 0 aliphatic heterocycles. The highest BCUT2D eigenvalue weighted by Crippen LogP contribution is 2.31. The SMILES string of the molecule is CCOC(=O)C(CC(=O)N(C1CCCCC1)C1CCCCC1)C(=O)OCC. The number of amides is 1. The number of carbonyl (C=O) groups excluding carboxylic acids is 3. The standard InChI is InChI=1S/C21H35NO5/c1-3-26-20(24)18(21(25)27-4-2)15-19(23)22(16-11-7-5-8-12-16)17-13-9-6-10-14-17/h16-18H,3-15H2,1-2H3. The minimum absolute atomic E-state index is 0.0973. The summed E-state index contributed by atoms with van der Waals surface area (Å²) in [6, 6.07) is 0.471. The van der Waals surface area contributed by atoms with Crippen molar-refractivity contribution >= 4 is 17.8 Å². The molecule has 2 saturated carbocycles. The van der Waals surface area contributed by atoms with Crippen LogP contribution in [0.1, 0.15) is 84.5 Å². The zero-order valence-corrected chi connectivity index (χ0v) is 16.9. The minimum Gasteiger partial charge on any atom is -0.465 e. The van der Waals surface area contributed by atoms with Gasteiger partial charge in [-0.05, 0) is 39.5 Å². The monoisotopic (exact) mass is 381 g/mol. The Hall–Kier alpha value is -1.59. The molecule has 0 aromatic carbocycles. The number of hydrogen-bond acceptors (Lipinski definition) is 5. The third-order valence-corrected chi connectivity index (χ3v) is 5.75. The number of esters is 2. The molecule has 0 heterocycles. The summed E-state index contributed by atoms with van der Waals surface area (Å²) in [7, 11) is 0.